The molecule has 1 aromatic rings. The van der Waals surface area contributed by atoms with Crippen LogP contribution in [0.1, 0.15) is 23.2 Å². The van der Waals surface area contributed by atoms with Gasteiger partial charge in [-0.2, -0.15) is 0 Å². The maximum absolute atomic E-state index is 12.6. The molecule has 3 N–H and O–H groups in total. The van der Waals surface area contributed by atoms with Crippen molar-refractivity contribution < 1.29 is 24.0 Å². The lowest BCUT2D eigenvalue weighted by Gasteiger charge is -2.34. The molecule has 9 heteroatoms. The van der Waals surface area contributed by atoms with Crippen molar-refractivity contribution in [1.29, 1.82) is 0 Å². The predicted molar refractivity (Wildman–Crippen MR) is 84.6 cm³/mol. The second-order valence-electron chi connectivity index (χ2n) is 5.57. The number of nitro groups is 1. The minimum Gasteiger partial charge on any atom is -0.465 e. The molecule has 1 aliphatic rings. The van der Waals surface area contributed by atoms with Gasteiger partial charge in [0.15, 0.2) is 0 Å². The Morgan fingerprint density at radius 1 is 1.38 bits per heavy atom. The first-order valence-corrected chi connectivity index (χ1v) is 7.39. The fourth-order valence-electron chi connectivity index (χ4n) is 2.57. The fourth-order valence-corrected chi connectivity index (χ4v) is 2.57. The first-order chi connectivity index (χ1) is 11.4. The summed E-state index contributed by atoms with van der Waals surface area (Å²) in [5, 5.41) is 13.7. The van der Waals surface area contributed by atoms with Gasteiger partial charge in [0.25, 0.3) is 5.69 Å². The number of nitrogens with two attached hydrogens (primary N) is 1. The number of carbonyl (C=O) groups is 2. The summed E-state index contributed by atoms with van der Waals surface area (Å²) >= 11 is 0. The van der Waals surface area contributed by atoms with E-state index in [-0.39, 0.29) is 29.4 Å². The Morgan fingerprint density at radius 3 is 2.58 bits per heavy atom. The van der Waals surface area contributed by atoms with Crippen LogP contribution in [-0.4, -0.2) is 43.7 Å². The highest BCUT2D eigenvalue weighted by atomic mass is 16.6. The van der Waals surface area contributed by atoms with Gasteiger partial charge in [-0.15, -0.1) is 0 Å². The van der Waals surface area contributed by atoms with Gasteiger partial charge in [0.1, 0.15) is 0 Å². The highest BCUT2D eigenvalue weighted by molar-refractivity contribution is 5.98. The molecule has 24 heavy (non-hydrogen) atoms. The van der Waals surface area contributed by atoms with E-state index in [0.29, 0.717) is 26.1 Å². The highest BCUT2D eigenvalue weighted by Gasteiger charge is 2.39. The first-order valence-electron chi connectivity index (χ1n) is 7.39. The zero-order chi connectivity index (χ0) is 17.7. The van der Waals surface area contributed by atoms with Crippen molar-refractivity contribution in [1.82, 2.24) is 0 Å². The SMILES string of the molecule is COC(=O)c1cc(NC(=O)C2(CN)CCOCC2)cc([N+](=O)[O-])c1. The van der Waals surface area contributed by atoms with Gasteiger partial charge in [0.05, 0.1) is 23.0 Å². The Balaban J connectivity index is 2.30. The minimum absolute atomic E-state index is 0.0178. The minimum atomic E-state index is -0.783. The van der Waals surface area contributed by atoms with Crippen molar-refractivity contribution in [3.05, 3.63) is 33.9 Å². The van der Waals surface area contributed by atoms with Crippen LogP contribution in [0.5, 0.6) is 0 Å². The van der Waals surface area contributed by atoms with Crippen LogP contribution in [0.15, 0.2) is 18.2 Å². The third-order valence-electron chi connectivity index (χ3n) is 4.13. The number of esters is 1. The zero-order valence-corrected chi connectivity index (χ0v) is 13.2. The number of anilines is 1. The van der Waals surface area contributed by atoms with Crippen molar-refractivity contribution in [2.75, 3.05) is 32.2 Å². The van der Waals surface area contributed by atoms with E-state index in [2.05, 4.69) is 10.1 Å². The Bertz CT molecular complexity index is 655. The monoisotopic (exact) mass is 337 g/mol. The number of nitrogens with zero attached hydrogens (tertiary/aromatic N) is 1. The maximum atomic E-state index is 12.6. The van der Waals surface area contributed by atoms with Crippen LogP contribution in [0.2, 0.25) is 0 Å². The number of rotatable bonds is 5. The Labute approximate surface area is 138 Å². The molecule has 0 unspecified atom stereocenters. The maximum Gasteiger partial charge on any atom is 0.338 e. The molecule has 0 aliphatic carbocycles. The van der Waals surface area contributed by atoms with Gasteiger partial charge in [-0.3, -0.25) is 14.9 Å². The van der Waals surface area contributed by atoms with Crippen LogP contribution in [0.4, 0.5) is 11.4 Å². The van der Waals surface area contributed by atoms with E-state index in [1.807, 2.05) is 0 Å². The van der Waals surface area contributed by atoms with Gasteiger partial charge in [-0.1, -0.05) is 0 Å². The Hall–Kier alpha value is -2.52. The van der Waals surface area contributed by atoms with E-state index in [9.17, 15) is 19.7 Å². The molecule has 2 rings (SSSR count). The van der Waals surface area contributed by atoms with Crippen molar-refractivity contribution in [3.63, 3.8) is 0 Å². The van der Waals surface area contributed by atoms with E-state index in [0.717, 1.165) is 6.07 Å². The molecule has 9 nitrogen and oxygen atoms in total. The van der Waals surface area contributed by atoms with E-state index < -0.39 is 16.3 Å². The van der Waals surface area contributed by atoms with E-state index in [4.69, 9.17) is 10.5 Å². The number of carbonyl (C=O) groups excluding carboxylic acids is 2. The quantitative estimate of drug-likeness (QED) is 0.466. The molecule has 0 radical (unpaired) electrons. The van der Waals surface area contributed by atoms with E-state index in [1.54, 1.807) is 0 Å². The summed E-state index contributed by atoms with van der Waals surface area (Å²) < 4.78 is 9.83. The number of ether oxygens (including phenoxy) is 2. The molecule has 1 heterocycles. The average Bonchev–Trinajstić information content (AvgIpc) is 2.61. The summed E-state index contributed by atoms with van der Waals surface area (Å²) in [6.07, 6.45) is 0.933. The second-order valence-corrected chi connectivity index (χ2v) is 5.57. The van der Waals surface area contributed by atoms with Gasteiger partial charge in [0, 0.05) is 37.6 Å². The Morgan fingerprint density at radius 2 is 2.04 bits per heavy atom. The molecule has 0 spiro atoms. The van der Waals surface area contributed by atoms with Gasteiger partial charge in [-0.05, 0) is 18.9 Å². The van der Waals surface area contributed by atoms with Crippen LogP contribution in [0, 0.1) is 15.5 Å². The molecular formula is C15H19N3O6. The molecule has 0 bridgehead atoms. The number of methoxy groups -OCH3 is 1. The summed E-state index contributed by atoms with van der Waals surface area (Å²) in [5.41, 5.74) is 4.80. The van der Waals surface area contributed by atoms with Crippen molar-refractivity contribution in [2.45, 2.75) is 12.8 Å². The number of hydrogen-bond acceptors (Lipinski definition) is 7. The number of amides is 1. The molecular weight excluding hydrogens is 318 g/mol. The molecule has 130 valence electrons. The van der Waals surface area contributed by atoms with Crippen molar-refractivity contribution in [3.8, 4) is 0 Å². The van der Waals surface area contributed by atoms with Gasteiger partial charge in [0.2, 0.25) is 5.91 Å². The molecule has 0 aromatic heterocycles. The predicted octanol–water partition coefficient (Wildman–Crippen LogP) is 1.08. The average molecular weight is 337 g/mol. The first kappa shape index (κ1) is 17.8. The van der Waals surface area contributed by atoms with E-state index >= 15 is 0 Å². The standard InChI is InChI=1S/C15H19N3O6/c1-23-13(19)10-6-11(8-12(7-10)18(21)22)17-14(20)15(9-16)2-4-24-5-3-15/h6-8H,2-5,9,16H2,1H3,(H,17,20). The van der Waals surface area contributed by atoms with Crippen LogP contribution in [0.3, 0.4) is 0 Å². The van der Waals surface area contributed by atoms with Crippen molar-refractivity contribution in [2.24, 2.45) is 11.1 Å². The van der Waals surface area contributed by atoms with Gasteiger partial charge >= 0.3 is 5.97 Å². The molecule has 1 saturated heterocycles. The Kier molecular flexibility index (Phi) is 5.47. The lowest BCUT2D eigenvalue weighted by molar-refractivity contribution is -0.384. The second kappa shape index (κ2) is 7.37. The lowest BCUT2D eigenvalue weighted by atomic mass is 9.79. The number of nitro benzene ring substituents is 1. The fraction of sp³-hybridized carbons (Fsp3) is 0.467. The largest absolute Gasteiger partial charge is 0.465 e. The molecule has 1 amide bonds. The number of hydrogen-bond donors (Lipinski definition) is 2. The normalized spacial score (nSPS) is 16.2. The summed E-state index contributed by atoms with van der Waals surface area (Å²) in [4.78, 5) is 34.7. The van der Waals surface area contributed by atoms with Crippen LogP contribution >= 0.6 is 0 Å². The number of non-ortho nitro benzene ring substituents is 1. The summed E-state index contributed by atoms with van der Waals surface area (Å²) in [6, 6.07) is 3.61. The van der Waals surface area contributed by atoms with Gasteiger partial charge in [-0.25, -0.2) is 4.79 Å². The molecule has 0 saturated carbocycles. The topological polar surface area (TPSA) is 134 Å². The smallest absolute Gasteiger partial charge is 0.338 e. The van der Waals surface area contributed by atoms with Crippen LogP contribution in [0.25, 0.3) is 0 Å². The zero-order valence-electron chi connectivity index (χ0n) is 13.2. The van der Waals surface area contributed by atoms with Crippen LogP contribution in [-0.2, 0) is 14.3 Å². The van der Waals surface area contributed by atoms with Crippen molar-refractivity contribution >= 4 is 23.3 Å². The molecule has 1 fully saturated rings. The molecule has 1 aliphatic heterocycles. The van der Waals surface area contributed by atoms with Gasteiger partial charge < -0.3 is 20.5 Å². The molecule has 1 aromatic carbocycles. The summed E-state index contributed by atoms with van der Waals surface area (Å²) in [6.45, 7) is 0.987. The van der Waals surface area contributed by atoms with E-state index in [1.165, 1.54) is 19.2 Å². The summed E-state index contributed by atoms with van der Waals surface area (Å²) in [7, 11) is 1.17. The summed E-state index contributed by atoms with van der Waals surface area (Å²) in [5.74, 6) is -1.07. The molecule has 0 atom stereocenters. The number of nitrogens with one attached hydrogen (secondary N) is 1. The van der Waals surface area contributed by atoms with Crippen LogP contribution < -0.4 is 11.1 Å². The highest BCUT2D eigenvalue weighted by Crippen LogP contribution is 2.31. The third-order valence-corrected chi connectivity index (χ3v) is 4.13. The number of benzene rings is 1. The lowest BCUT2D eigenvalue weighted by Crippen LogP contribution is -2.46. The third kappa shape index (κ3) is 3.69.